The van der Waals surface area contributed by atoms with Crippen LogP contribution in [0.5, 0.6) is 0 Å². The number of rotatable bonds is 5. The van der Waals surface area contributed by atoms with Crippen LogP contribution in [0.25, 0.3) is 0 Å². The monoisotopic (exact) mass is 255 g/mol. The fourth-order valence-electron chi connectivity index (χ4n) is 1.43. The number of hydrogen-bond acceptors (Lipinski definition) is 4. The Hall–Kier alpha value is -1.56. The number of carbonyl (C=O) groups is 1. The molecule has 0 saturated heterocycles. The average Bonchev–Trinajstić information content (AvgIpc) is 2.77. The van der Waals surface area contributed by atoms with Gasteiger partial charge < -0.3 is 15.8 Å². The van der Waals surface area contributed by atoms with Crippen LogP contribution < -0.4 is 5.73 Å². The molecule has 17 heavy (non-hydrogen) atoms. The highest BCUT2D eigenvalue weighted by atomic mass is 32.1. The molecule has 0 radical (unpaired) electrons. The predicted octanol–water partition coefficient (Wildman–Crippen LogP) is 1.27. The number of carbonyl (C=O) groups excluding carboxylic acids is 1. The quantitative estimate of drug-likeness (QED) is 0.360. The van der Waals surface area contributed by atoms with Crippen molar-refractivity contribution in [3.63, 3.8) is 0 Å². The molecule has 1 rings (SSSR count). The zero-order valence-electron chi connectivity index (χ0n) is 9.96. The lowest BCUT2D eigenvalue weighted by Crippen LogP contribution is -2.43. The average molecular weight is 255 g/mol. The molecule has 1 aromatic rings. The zero-order valence-corrected chi connectivity index (χ0v) is 10.8. The van der Waals surface area contributed by atoms with Crippen molar-refractivity contribution < 1.29 is 10.0 Å². The first kappa shape index (κ1) is 13.5. The van der Waals surface area contributed by atoms with E-state index in [0.29, 0.717) is 6.42 Å². The van der Waals surface area contributed by atoms with Crippen molar-refractivity contribution in [2.75, 3.05) is 6.54 Å². The first-order valence-corrected chi connectivity index (χ1v) is 6.20. The summed E-state index contributed by atoms with van der Waals surface area (Å²) in [4.78, 5) is 14.6. The zero-order chi connectivity index (χ0) is 12.8. The van der Waals surface area contributed by atoms with Crippen LogP contribution in [0.4, 0.5) is 0 Å². The molecule has 6 heteroatoms. The van der Waals surface area contributed by atoms with Gasteiger partial charge in [0.15, 0.2) is 5.84 Å². The third-order valence-corrected chi connectivity index (χ3v) is 3.19. The maximum atomic E-state index is 12.0. The third-order valence-electron chi connectivity index (χ3n) is 2.31. The van der Waals surface area contributed by atoms with Gasteiger partial charge >= 0.3 is 0 Å². The summed E-state index contributed by atoms with van der Waals surface area (Å²) in [5, 5.41) is 13.4. The fourth-order valence-corrected chi connectivity index (χ4v) is 2.12. The van der Waals surface area contributed by atoms with E-state index in [9.17, 15) is 4.79 Å². The Morgan fingerprint density at radius 3 is 2.82 bits per heavy atom. The molecule has 0 saturated carbocycles. The Bertz CT molecular complexity index is 387. The first-order valence-electron chi connectivity index (χ1n) is 5.32. The van der Waals surface area contributed by atoms with Crippen LogP contribution in [0.3, 0.4) is 0 Å². The number of thiophene rings is 1. The van der Waals surface area contributed by atoms with E-state index >= 15 is 0 Å². The van der Waals surface area contributed by atoms with E-state index in [1.165, 1.54) is 0 Å². The van der Waals surface area contributed by atoms with E-state index in [4.69, 9.17) is 10.9 Å². The van der Waals surface area contributed by atoms with Gasteiger partial charge in [-0.3, -0.25) is 4.79 Å². The van der Waals surface area contributed by atoms with Crippen LogP contribution in [0.15, 0.2) is 22.7 Å². The normalized spacial score (nSPS) is 11.8. The van der Waals surface area contributed by atoms with Gasteiger partial charge in [-0.1, -0.05) is 11.2 Å². The predicted molar refractivity (Wildman–Crippen MR) is 68.3 cm³/mol. The standard InChI is InChI=1S/C11H17N3O2S/c1-8(2)14(7-10(12)13-16)11(15)6-9-4-3-5-17-9/h3-5,8,16H,6-7H2,1-2H3,(H2,12,13). The highest BCUT2D eigenvalue weighted by molar-refractivity contribution is 7.10. The Morgan fingerprint density at radius 2 is 2.35 bits per heavy atom. The lowest BCUT2D eigenvalue weighted by molar-refractivity contribution is -0.131. The summed E-state index contributed by atoms with van der Waals surface area (Å²) in [7, 11) is 0. The van der Waals surface area contributed by atoms with Gasteiger partial charge in [-0.2, -0.15) is 0 Å². The summed E-state index contributed by atoms with van der Waals surface area (Å²) in [5.74, 6) is 0.0206. The summed E-state index contributed by atoms with van der Waals surface area (Å²) in [6.45, 7) is 3.95. The molecule has 0 aliphatic heterocycles. The van der Waals surface area contributed by atoms with Crippen LogP contribution >= 0.6 is 11.3 Å². The Labute approximate surface area is 105 Å². The van der Waals surface area contributed by atoms with E-state index in [1.807, 2.05) is 31.4 Å². The minimum absolute atomic E-state index is 0.0164. The molecule has 0 spiro atoms. The van der Waals surface area contributed by atoms with Gasteiger partial charge in [0.2, 0.25) is 5.91 Å². The second-order valence-corrected chi connectivity index (χ2v) is 5.00. The number of nitrogens with zero attached hydrogens (tertiary/aromatic N) is 2. The van der Waals surface area contributed by atoms with Crippen LogP contribution in [-0.2, 0) is 11.2 Å². The first-order chi connectivity index (χ1) is 8.04. The molecule has 0 atom stereocenters. The molecule has 0 aromatic carbocycles. The molecule has 0 aliphatic carbocycles. The van der Waals surface area contributed by atoms with Crippen LogP contribution in [0.2, 0.25) is 0 Å². The minimum atomic E-state index is -0.0194. The summed E-state index contributed by atoms with van der Waals surface area (Å²) in [6, 6.07) is 3.85. The summed E-state index contributed by atoms with van der Waals surface area (Å²) in [6.07, 6.45) is 0.356. The van der Waals surface area contributed by atoms with Gasteiger partial charge in [0.1, 0.15) is 0 Å². The van der Waals surface area contributed by atoms with E-state index in [-0.39, 0.29) is 24.3 Å². The largest absolute Gasteiger partial charge is 0.409 e. The van der Waals surface area contributed by atoms with E-state index in [2.05, 4.69) is 5.16 Å². The van der Waals surface area contributed by atoms with Gasteiger partial charge in [0.05, 0.1) is 13.0 Å². The van der Waals surface area contributed by atoms with Crippen molar-refractivity contribution in [3.8, 4) is 0 Å². The second-order valence-electron chi connectivity index (χ2n) is 3.96. The van der Waals surface area contributed by atoms with Crippen LogP contribution in [0, 0.1) is 0 Å². The molecular weight excluding hydrogens is 238 g/mol. The topological polar surface area (TPSA) is 78.9 Å². The van der Waals surface area contributed by atoms with Crippen molar-refractivity contribution in [1.82, 2.24) is 4.90 Å². The molecule has 0 fully saturated rings. The lowest BCUT2D eigenvalue weighted by atomic mass is 10.2. The summed E-state index contributed by atoms with van der Waals surface area (Å²) in [5.41, 5.74) is 5.43. The Morgan fingerprint density at radius 1 is 1.65 bits per heavy atom. The highest BCUT2D eigenvalue weighted by Gasteiger charge is 2.18. The molecule has 0 unspecified atom stereocenters. The SMILES string of the molecule is CC(C)N(CC(N)=NO)C(=O)Cc1cccs1. The Kier molecular flexibility index (Phi) is 4.96. The maximum Gasteiger partial charge on any atom is 0.228 e. The van der Waals surface area contributed by atoms with Gasteiger partial charge in [-0.25, -0.2) is 0 Å². The highest BCUT2D eigenvalue weighted by Crippen LogP contribution is 2.11. The smallest absolute Gasteiger partial charge is 0.228 e. The molecule has 0 bridgehead atoms. The molecule has 1 aromatic heterocycles. The van der Waals surface area contributed by atoms with Gasteiger partial charge in [0.25, 0.3) is 0 Å². The molecule has 3 N–H and O–H groups in total. The van der Waals surface area contributed by atoms with Gasteiger partial charge in [0, 0.05) is 10.9 Å². The van der Waals surface area contributed by atoms with Crippen molar-refractivity contribution in [2.24, 2.45) is 10.9 Å². The van der Waals surface area contributed by atoms with Crippen LogP contribution in [0.1, 0.15) is 18.7 Å². The van der Waals surface area contributed by atoms with Gasteiger partial charge in [-0.15, -0.1) is 11.3 Å². The maximum absolute atomic E-state index is 12.0. The van der Waals surface area contributed by atoms with Crippen molar-refractivity contribution in [3.05, 3.63) is 22.4 Å². The van der Waals surface area contributed by atoms with E-state index < -0.39 is 0 Å². The second kappa shape index (κ2) is 6.24. The van der Waals surface area contributed by atoms with E-state index in [0.717, 1.165) is 4.88 Å². The van der Waals surface area contributed by atoms with Crippen molar-refractivity contribution in [2.45, 2.75) is 26.3 Å². The molecular formula is C11H17N3O2S. The number of oxime groups is 1. The summed E-state index contributed by atoms with van der Waals surface area (Å²) >= 11 is 1.55. The number of amides is 1. The fraction of sp³-hybridized carbons (Fsp3) is 0.455. The van der Waals surface area contributed by atoms with Crippen molar-refractivity contribution in [1.29, 1.82) is 0 Å². The number of nitrogens with two attached hydrogens (primary N) is 1. The van der Waals surface area contributed by atoms with Crippen molar-refractivity contribution >= 4 is 23.1 Å². The molecule has 1 amide bonds. The number of hydrogen-bond donors (Lipinski definition) is 2. The van der Waals surface area contributed by atoms with E-state index in [1.54, 1.807) is 16.2 Å². The van der Waals surface area contributed by atoms with Crippen LogP contribution in [-0.4, -0.2) is 34.4 Å². The molecule has 94 valence electrons. The molecule has 1 heterocycles. The lowest BCUT2D eigenvalue weighted by Gasteiger charge is -2.25. The summed E-state index contributed by atoms with van der Waals surface area (Å²) < 4.78 is 0. The molecule has 5 nitrogen and oxygen atoms in total. The molecule has 0 aliphatic rings. The minimum Gasteiger partial charge on any atom is -0.409 e. The number of amidine groups is 1. The Balaban J connectivity index is 2.67. The van der Waals surface area contributed by atoms with Gasteiger partial charge in [-0.05, 0) is 25.3 Å². The third kappa shape index (κ3) is 4.07.